The molecule has 2 fully saturated rings. The van der Waals surface area contributed by atoms with Gasteiger partial charge in [-0.3, -0.25) is 9.69 Å². The van der Waals surface area contributed by atoms with E-state index in [0.29, 0.717) is 38.3 Å². The molecular weight excluding hydrogens is 569 g/mol. The number of likely N-dealkylation sites (N-methyl/N-ethyl adjacent to an activating group) is 1. The highest BCUT2D eigenvalue weighted by molar-refractivity contribution is 5.97. The molecule has 0 radical (unpaired) electrons. The first-order valence-corrected chi connectivity index (χ1v) is 16.0. The van der Waals surface area contributed by atoms with Crippen LogP contribution in [0.3, 0.4) is 0 Å². The molecule has 2 aromatic carbocycles. The maximum atomic E-state index is 13.9. The number of carbonyl (C=O) groups is 1. The van der Waals surface area contributed by atoms with Gasteiger partial charge in [0.25, 0.3) is 5.91 Å². The first kappa shape index (κ1) is 30.8. The van der Waals surface area contributed by atoms with E-state index in [2.05, 4.69) is 83.4 Å². The normalized spacial score (nSPS) is 19.2. The summed E-state index contributed by atoms with van der Waals surface area (Å²) in [6.45, 7) is 18.1. The van der Waals surface area contributed by atoms with Crippen LogP contribution in [0.1, 0.15) is 43.0 Å². The van der Waals surface area contributed by atoms with Crippen molar-refractivity contribution in [3.8, 4) is 6.01 Å². The van der Waals surface area contributed by atoms with Crippen LogP contribution >= 0.6 is 0 Å². The van der Waals surface area contributed by atoms with E-state index >= 15 is 0 Å². The van der Waals surface area contributed by atoms with Crippen molar-refractivity contribution in [2.75, 3.05) is 56.2 Å². The Morgan fingerprint density at radius 2 is 1.96 bits per heavy atom. The van der Waals surface area contributed by atoms with E-state index in [9.17, 15) is 9.18 Å². The van der Waals surface area contributed by atoms with Gasteiger partial charge in [0.2, 0.25) is 6.54 Å². The monoisotopic (exact) mass is 611 g/mol. The second-order valence-corrected chi connectivity index (χ2v) is 12.6. The number of nitrogens with zero attached hydrogens (tertiary/aromatic N) is 7. The number of aromatic nitrogens is 2. The largest absolute Gasteiger partial charge is 0.462 e. The molecule has 10 heteroatoms. The molecule has 0 unspecified atom stereocenters. The third-order valence-corrected chi connectivity index (χ3v) is 9.83. The molecule has 1 saturated carbocycles. The van der Waals surface area contributed by atoms with Gasteiger partial charge in [-0.1, -0.05) is 43.3 Å². The number of anilines is 2. The number of amides is 1. The van der Waals surface area contributed by atoms with Crippen LogP contribution in [-0.4, -0.2) is 90.2 Å². The third kappa shape index (κ3) is 6.19. The Labute approximate surface area is 265 Å². The van der Waals surface area contributed by atoms with E-state index in [4.69, 9.17) is 21.3 Å². The van der Waals surface area contributed by atoms with Crippen LogP contribution in [-0.2, 0) is 17.8 Å². The number of piperazine rings is 1. The van der Waals surface area contributed by atoms with Crippen LogP contribution in [0, 0.1) is 13.5 Å². The van der Waals surface area contributed by atoms with Crippen molar-refractivity contribution in [2.24, 2.45) is 0 Å². The van der Waals surface area contributed by atoms with E-state index < -0.39 is 17.8 Å². The van der Waals surface area contributed by atoms with E-state index in [0.717, 1.165) is 30.0 Å². The van der Waals surface area contributed by atoms with Crippen molar-refractivity contribution < 1.29 is 13.9 Å². The summed E-state index contributed by atoms with van der Waals surface area (Å²) in [5, 5.41) is 2.46. The average molecular weight is 612 g/mol. The smallest absolute Gasteiger partial charge is 0.318 e. The standard InChI is InChI=1S/C35H42FN7O2/c1-23-9-6-10-26-11-7-14-31(32(23)26)41-16-15-29-30(21-41)38-35(45-22-24(2)40(5)27-12-8-13-27)39-33(29)42-17-18-43(34(44)25(3)36)28(20-42)19-37-4/h6-7,9-11,14,24,27-28H,3,8,12-13,15-22H2,1-2,5H3/t24-,28-/m0/s1. The van der Waals surface area contributed by atoms with Gasteiger partial charge in [0.05, 0.1) is 12.2 Å². The van der Waals surface area contributed by atoms with Crippen molar-refractivity contribution in [3.63, 3.8) is 0 Å². The predicted octanol–water partition coefficient (Wildman–Crippen LogP) is 5.17. The minimum atomic E-state index is -1.00. The minimum Gasteiger partial charge on any atom is -0.462 e. The number of hydrogen-bond acceptors (Lipinski definition) is 7. The van der Waals surface area contributed by atoms with Crippen LogP contribution in [0.5, 0.6) is 6.01 Å². The van der Waals surface area contributed by atoms with E-state index in [-0.39, 0.29) is 19.1 Å². The van der Waals surface area contributed by atoms with Gasteiger partial charge in [0, 0.05) is 54.9 Å². The topological polar surface area (TPSA) is 69.4 Å². The summed E-state index contributed by atoms with van der Waals surface area (Å²) in [5.41, 5.74) is 4.40. The second-order valence-electron chi connectivity index (χ2n) is 12.6. The van der Waals surface area contributed by atoms with Gasteiger partial charge in [-0.15, -0.1) is 0 Å². The molecule has 1 aromatic heterocycles. The first-order chi connectivity index (χ1) is 21.7. The lowest BCUT2D eigenvalue weighted by molar-refractivity contribution is -0.131. The molecule has 3 aromatic rings. The number of carbonyl (C=O) groups excluding carboxylic acids is 1. The van der Waals surface area contributed by atoms with Crippen LogP contribution in [0.2, 0.25) is 0 Å². The lowest BCUT2D eigenvalue weighted by atomic mass is 9.91. The molecule has 1 amide bonds. The number of hydrogen-bond donors (Lipinski definition) is 0. The Bertz CT molecular complexity index is 1630. The van der Waals surface area contributed by atoms with Crippen molar-refractivity contribution in [2.45, 2.75) is 64.2 Å². The molecule has 0 N–H and O–H groups in total. The number of aryl methyl sites for hydroxylation is 1. The first-order valence-electron chi connectivity index (χ1n) is 16.0. The Morgan fingerprint density at radius 3 is 2.67 bits per heavy atom. The highest BCUT2D eigenvalue weighted by Gasteiger charge is 2.36. The Hall–Kier alpha value is -4.23. The maximum absolute atomic E-state index is 13.9. The van der Waals surface area contributed by atoms with Gasteiger partial charge >= 0.3 is 6.01 Å². The molecule has 1 saturated heterocycles. The van der Waals surface area contributed by atoms with E-state index in [1.165, 1.54) is 46.2 Å². The van der Waals surface area contributed by atoms with Crippen molar-refractivity contribution in [3.05, 3.63) is 77.0 Å². The molecule has 1 aliphatic carbocycles. The van der Waals surface area contributed by atoms with Crippen LogP contribution in [0.15, 0.2) is 48.8 Å². The summed E-state index contributed by atoms with van der Waals surface area (Å²) in [4.78, 5) is 34.4. The number of benzene rings is 2. The fourth-order valence-corrected chi connectivity index (χ4v) is 6.89. The Morgan fingerprint density at radius 1 is 1.18 bits per heavy atom. The zero-order chi connectivity index (χ0) is 31.7. The third-order valence-electron chi connectivity index (χ3n) is 9.83. The Balaban J connectivity index is 1.32. The summed E-state index contributed by atoms with van der Waals surface area (Å²) in [7, 11) is 2.16. The lowest BCUT2D eigenvalue weighted by Crippen LogP contribution is -2.57. The van der Waals surface area contributed by atoms with Crippen molar-refractivity contribution in [1.29, 1.82) is 0 Å². The Kier molecular flexibility index (Phi) is 8.90. The predicted molar refractivity (Wildman–Crippen MR) is 175 cm³/mol. The quantitative estimate of drug-likeness (QED) is 0.244. The van der Waals surface area contributed by atoms with Gasteiger partial charge in [-0.05, 0) is 57.2 Å². The molecule has 6 rings (SSSR count). The highest BCUT2D eigenvalue weighted by Crippen LogP contribution is 2.36. The fourth-order valence-electron chi connectivity index (χ4n) is 6.89. The van der Waals surface area contributed by atoms with Gasteiger partial charge < -0.3 is 24.3 Å². The van der Waals surface area contributed by atoms with E-state index in [1.54, 1.807) is 0 Å². The van der Waals surface area contributed by atoms with Gasteiger partial charge in [-0.25, -0.2) is 11.0 Å². The van der Waals surface area contributed by atoms with Gasteiger partial charge in [0.1, 0.15) is 18.5 Å². The number of halogens is 1. The number of ether oxygens (including phenoxy) is 1. The molecule has 2 aliphatic heterocycles. The molecule has 3 aliphatic rings. The van der Waals surface area contributed by atoms with Crippen molar-refractivity contribution >= 4 is 28.2 Å². The number of fused-ring (bicyclic) bond motifs is 2. The highest BCUT2D eigenvalue weighted by atomic mass is 19.1. The van der Waals surface area contributed by atoms with Crippen LogP contribution in [0.4, 0.5) is 15.9 Å². The maximum Gasteiger partial charge on any atom is 0.318 e. The molecule has 9 nitrogen and oxygen atoms in total. The minimum absolute atomic E-state index is 0.0748. The van der Waals surface area contributed by atoms with Crippen LogP contribution in [0.25, 0.3) is 15.6 Å². The summed E-state index contributed by atoms with van der Waals surface area (Å²) in [5.74, 6) is -0.967. The molecule has 3 heterocycles. The summed E-state index contributed by atoms with van der Waals surface area (Å²) in [6.07, 6.45) is 4.46. The van der Waals surface area contributed by atoms with Gasteiger partial charge in [-0.2, -0.15) is 9.97 Å². The molecule has 45 heavy (non-hydrogen) atoms. The molecule has 236 valence electrons. The average Bonchev–Trinajstić information content (AvgIpc) is 3.01. The number of rotatable bonds is 9. The summed E-state index contributed by atoms with van der Waals surface area (Å²) in [6, 6.07) is 13.5. The van der Waals surface area contributed by atoms with E-state index in [1.807, 2.05) is 0 Å². The zero-order valence-corrected chi connectivity index (χ0v) is 26.5. The molecule has 2 atom stereocenters. The van der Waals surface area contributed by atoms with Crippen molar-refractivity contribution in [1.82, 2.24) is 19.8 Å². The summed E-state index contributed by atoms with van der Waals surface area (Å²) < 4.78 is 20.2. The SMILES string of the molecule is [C-]#[N+]C[C@H]1CN(c2nc(OC[C@H](C)N(C)C3CCC3)nc3c2CCN(c2cccc4cccc(C)c24)C3)CCN1C(=O)C(=C)F. The zero-order valence-electron chi connectivity index (χ0n) is 26.5. The molecule has 0 spiro atoms. The lowest BCUT2D eigenvalue weighted by Gasteiger charge is -2.41. The fraction of sp³-hybridized carbons (Fsp3) is 0.486. The molecule has 0 bridgehead atoms. The van der Waals surface area contributed by atoms with Gasteiger partial charge in [0.15, 0.2) is 5.83 Å². The van der Waals surface area contributed by atoms with Crippen LogP contribution < -0.4 is 14.5 Å². The summed E-state index contributed by atoms with van der Waals surface area (Å²) >= 11 is 0. The second kappa shape index (κ2) is 13.0. The molecular formula is C35H42FN7O2.